The molecule has 1 saturated heterocycles. The summed E-state index contributed by atoms with van der Waals surface area (Å²) >= 11 is 0. The highest BCUT2D eigenvalue weighted by molar-refractivity contribution is 6.99. The van der Waals surface area contributed by atoms with Gasteiger partial charge < -0.3 is 19.2 Å². The van der Waals surface area contributed by atoms with E-state index in [1.54, 1.807) is 13.8 Å². The van der Waals surface area contributed by atoms with Crippen LogP contribution in [0.15, 0.2) is 78.9 Å². The molecule has 0 radical (unpaired) electrons. The molecule has 3 aromatic rings. The first kappa shape index (κ1) is 29.1. The van der Waals surface area contributed by atoms with Crippen molar-refractivity contribution in [3.63, 3.8) is 0 Å². The zero-order valence-corrected chi connectivity index (χ0v) is 24.3. The molecule has 1 aliphatic rings. The summed E-state index contributed by atoms with van der Waals surface area (Å²) in [7, 11) is -3.07. The Bertz CT molecular complexity index is 1260. The van der Waals surface area contributed by atoms with E-state index in [0.29, 0.717) is 5.56 Å². The van der Waals surface area contributed by atoms with Crippen LogP contribution in [0.25, 0.3) is 0 Å². The van der Waals surface area contributed by atoms with Crippen molar-refractivity contribution in [1.29, 1.82) is 0 Å². The summed E-state index contributed by atoms with van der Waals surface area (Å²) in [6.45, 7) is 12.0. The number of aliphatic hydroxyl groups excluding tert-OH is 1. The lowest BCUT2D eigenvalue weighted by Gasteiger charge is -2.49. The van der Waals surface area contributed by atoms with E-state index < -0.39 is 49.9 Å². The molecular weight excluding hydrogens is 516 g/mol. The minimum atomic E-state index is -3.07. The lowest BCUT2D eigenvalue weighted by Crippen LogP contribution is -2.68. The first-order valence-corrected chi connectivity index (χ1v) is 15.1. The maximum atomic E-state index is 14.6. The van der Waals surface area contributed by atoms with Crippen LogP contribution in [-0.4, -0.2) is 48.8 Å². The van der Waals surface area contributed by atoms with Crippen LogP contribution in [0.3, 0.4) is 0 Å². The molecule has 1 aliphatic heterocycles. The smallest absolute Gasteiger partial charge is 0.280 e. The molecule has 1 N–H and O–H groups in total. The molecule has 0 aliphatic carbocycles. The highest BCUT2D eigenvalue weighted by Gasteiger charge is 2.53. The van der Waals surface area contributed by atoms with E-state index in [1.165, 1.54) is 11.0 Å². The van der Waals surface area contributed by atoms with Gasteiger partial charge >= 0.3 is 0 Å². The van der Waals surface area contributed by atoms with Crippen molar-refractivity contribution in [1.82, 2.24) is 4.90 Å². The van der Waals surface area contributed by atoms with Gasteiger partial charge in [0.25, 0.3) is 14.2 Å². The van der Waals surface area contributed by atoms with E-state index in [-0.39, 0.29) is 11.6 Å². The molecule has 3 atom stereocenters. The third kappa shape index (κ3) is 5.70. The van der Waals surface area contributed by atoms with Crippen LogP contribution in [0.1, 0.15) is 53.1 Å². The van der Waals surface area contributed by atoms with E-state index in [4.69, 9.17) is 9.16 Å². The second-order valence-electron chi connectivity index (χ2n) is 11.8. The number of benzene rings is 3. The Hall–Kier alpha value is -2.91. The first-order chi connectivity index (χ1) is 18.3. The number of ether oxygens (including phenoxy) is 1. The Morgan fingerprint density at radius 1 is 0.974 bits per heavy atom. The maximum Gasteiger partial charge on any atom is 0.280 e. The zero-order valence-electron chi connectivity index (χ0n) is 23.3. The summed E-state index contributed by atoms with van der Waals surface area (Å²) in [5.74, 6) is -2.65. The lowest BCUT2D eigenvalue weighted by atomic mass is 9.96. The van der Waals surface area contributed by atoms with Crippen molar-refractivity contribution in [2.24, 2.45) is 0 Å². The van der Waals surface area contributed by atoms with E-state index >= 15 is 0 Å². The lowest BCUT2D eigenvalue weighted by molar-refractivity contribution is -0.226. The fourth-order valence-corrected chi connectivity index (χ4v) is 10.4. The number of nitrogens with zero attached hydrogens (tertiary/aromatic N) is 1. The minimum absolute atomic E-state index is 0.126. The normalized spacial score (nSPS) is 19.6. The van der Waals surface area contributed by atoms with Gasteiger partial charge in [0.1, 0.15) is 0 Å². The fraction of sp³-hybridized carbons (Fsp3) is 0.387. The van der Waals surface area contributed by atoms with Gasteiger partial charge in [-0.05, 0) is 53.9 Å². The zero-order chi connectivity index (χ0) is 28.6. The molecule has 1 amide bonds. The van der Waals surface area contributed by atoms with Gasteiger partial charge in [-0.25, -0.2) is 8.78 Å². The summed E-state index contributed by atoms with van der Waals surface area (Å²) in [6, 6.07) is 22.9. The Labute approximate surface area is 230 Å². The number of carbonyl (C=O) groups is 1. The van der Waals surface area contributed by atoms with Crippen molar-refractivity contribution in [2.75, 3.05) is 6.54 Å². The van der Waals surface area contributed by atoms with Crippen LogP contribution in [-0.2, 0) is 14.0 Å². The number of halogens is 2. The van der Waals surface area contributed by atoms with Gasteiger partial charge in [0.2, 0.25) is 6.29 Å². The molecule has 0 bridgehead atoms. The molecule has 39 heavy (non-hydrogen) atoms. The molecule has 1 fully saturated rings. The summed E-state index contributed by atoms with van der Waals surface area (Å²) in [6.07, 6.45) is -2.35. The number of amides is 1. The largest absolute Gasteiger partial charge is 0.402 e. The Balaban J connectivity index is 1.91. The fourth-order valence-electron chi connectivity index (χ4n) is 5.69. The predicted molar refractivity (Wildman–Crippen MR) is 150 cm³/mol. The van der Waals surface area contributed by atoms with E-state index in [1.807, 2.05) is 43.3 Å². The van der Waals surface area contributed by atoms with E-state index in [0.717, 1.165) is 22.5 Å². The van der Waals surface area contributed by atoms with Gasteiger partial charge in [0.15, 0.2) is 11.6 Å². The quantitative estimate of drug-likeness (QED) is 0.422. The van der Waals surface area contributed by atoms with Crippen molar-refractivity contribution in [3.05, 3.63) is 96.1 Å². The van der Waals surface area contributed by atoms with Crippen molar-refractivity contribution >= 4 is 24.6 Å². The topological polar surface area (TPSA) is 59.0 Å². The Kier molecular flexibility index (Phi) is 8.15. The maximum absolute atomic E-state index is 14.6. The number of aliphatic hydroxyl groups is 1. The summed E-state index contributed by atoms with van der Waals surface area (Å²) < 4.78 is 41.4. The molecule has 0 saturated carbocycles. The average molecular weight is 554 g/mol. The SMILES string of the molecule is C[C@@H](O[Si](c1ccccc1)(c1ccccc1)C(C)(C)C)[C@@H](c1ccc(F)c(F)c1)N1CC(C)(C)OC(O)C1=O. The second kappa shape index (κ2) is 10.9. The molecule has 208 valence electrons. The van der Waals surface area contributed by atoms with Gasteiger partial charge in [0.05, 0.1) is 24.3 Å². The monoisotopic (exact) mass is 553 g/mol. The summed E-state index contributed by atoms with van der Waals surface area (Å²) in [4.78, 5) is 14.8. The van der Waals surface area contributed by atoms with Gasteiger partial charge in [0, 0.05) is 0 Å². The van der Waals surface area contributed by atoms with Crippen LogP contribution >= 0.6 is 0 Å². The summed E-state index contributed by atoms with van der Waals surface area (Å²) in [5.41, 5.74) is -0.501. The van der Waals surface area contributed by atoms with Crippen molar-refractivity contribution in [2.45, 2.75) is 70.6 Å². The first-order valence-electron chi connectivity index (χ1n) is 13.2. The predicted octanol–water partition coefficient (Wildman–Crippen LogP) is 4.93. The number of rotatable bonds is 7. The van der Waals surface area contributed by atoms with Crippen LogP contribution < -0.4 is 10.4 Å². The molecule has 3 aromatic carbocycles. The van der Waals surface area contributed by atoms with Gasteiger partial charge in [-0.2, -0.15) is 0 Å². The Morgan fingerprint density at radius 2 is 1.51 bits per heavy atom. The molecule has 8 heteroatoms. The van der Waals surface area contributed by atoms with E-state index in [9.17, 15) is 18.7 Å². The van der Waals surface area contributed by atoms with Crippen LogP contribution in [0.5, 0.6) is 0 Å². The third-order valence-corrected chi connectivity index (χ3v) is 12.5. The third-order valence-electron chi connectivity index (χ3n) is 7.32. The molecule has 0 spiro atoms. The average Bonchev–Trinajstić information content (AvgIpc) is 2.87. The molecule has 0 aromatic heterocycles. The number of morpholine rings is 1. The van der Waals surface area contributed by atoms with E-state index in [2.05, 4.69) is 45.0 Å². The Morgan fingerprint density at radius 3 is 2.00 bits per heavy atom. The van der Waals surface area contributed by atoms with Gasteiger partial charge in [-0.3, -0.25) is 4.79 Å². The molecular formula is C31H37F2NO4Si. The molecule has 1 heterocycles. The molecule has 1 unspecified atom stereocenters. The highest BCUT2D eigenvalue weighted by Crippen LogP contribution is 2.41. The standard InChI is InChI=1S/C31H37F2NO4Si/c1-21(38-39(30(2,3)4,23-13-9-7-10-14-23)24-15-11-8-12-16-24)27(22-17-18-25(32)26(33)19-22)34-20-31(5,6)37-29(36)28(34)35/h7-19,21,27,29,36H,20H2,1-6H3/t21-,27+,29?/m1/s1. The van der Waals surface area contributed by atoms with Crippen LogP contribution in [0.2, 0.25) is 5.04 Å². The van der Waals surface area contributed by atoms with Crippen LogP contribution in [0, 0.1) is 11.6 Å². The number of hydrogen-bond donors (Lipinski definition) is 1. The number of carbonyl (C=O) groups excluding carboxylic acids is 1. The van der Waals surface area contributed by atoms with Crippen LogP contribution in [0.4, 0.5) is 8.78 Å². The molecule has 5 nitrogen and oxygen atoms in total. The van der Waals surface area contributed by atoms with Gasteiger partial charge in [-0.1, -0.05) is 87.5 Å². The van der Waals surface area contributed by atoms with Crippen molar-refractivity contribution < 1.29 is 27.8 Å². The molecule has 4 rings (SSSR count). The highest BCUT2D eigenvalue weighted by atomic mass is 28.4. The summed E-state index contributed by atoms with van der Waals surface area (Å²) in [5, 5.41) is 12.2. The second-order valence-corrected chi connectivity index (χ2v) is 16.1. The van der Waals surface area contributed by atoms with Gasteiger partial charge in [-0.15, -0.1) is 0 Å². The van der Waals surface area contributed by atoms with Crippen molar-refractivity contribution in [3.8, 4) is 0 Å². The number of hydrogen-bond acceptors (Lipinski definition) is 4. The minimum Gasteiger partial charge on any atom is -0.402 e.